The molecule has 0 aliphatic carbocycles. The van der Waals surface area contributed by atoms with Gasteiger partial charge in [-0.2, -0.15) is 6.42 Å². The second-order valence-electron chi connectivity index (χ2n) is 2.26. The van der Waals surface area contributed by atoms with Crippen molar-refractivity contribution in [2.45, 2.75) is 39.0 Å². The number of halogens is 1. The summed E-state index contributed by atoms with van der Waals surface area (Å²) >= 11 is 0. The van der Waals surface area contributed by atoms with Crippen molar-refractivity contribution in [2.75, 3.05) is 0 Å². The molecule has 0 aromatic carbocycles. The molecule has 62 valence electrons. The number of rotatable bonds is 5. The summed E-state index contributed by atoms with van der Waals surface area (Å²) in [4.78, 5) is 0. The van der Waals surface area contributed by atoms with Gasteiger partial charge in [-0.1, -0.05) is 25.8 Å². The molecule has 2 heteroatoms. The third kappa shape index (κ3) is 18.1. The topological polar surface area (TPSA) is 0 Å². The number of allylic oxidation sites excluding steroid dienone is 2. The number of hydrogen-bond acceptors (Lipinski definition) is 0. The molecule has 0 aliphatic rings. The van der Waals surface area contributed by atoms with Crippen molar-refractivity contribution in [1.29, 1.82) is 0 Å². The second kappa shape index (κ2) is 17.0. The molecule has 0 bridgehead atoms. The molecule has 0 amide bonds. The summed E-state index contributed by atoms with van der Waals surface area (Å²) < 4.78 is 0. The maximum absolute atomic E-state index is 3.72. The van der Waals surface area contributed by atoms with Crippen LogP contribution in [0.5, 0.6) is 0 Å². The van der Waals surface area contributed by atoms with Crippen molar-refractivity contribution in [2.24, 2.45) is 0 Å². The molecule has 11 heavy (non-hydrogen) atoms. The Morgan fingerprint density at radius 3 is 2.27 bits per heavy atom. The van der Waals surface area contributed by atoms with E-state index in [4.69, 9.17) is 0 Å². The van der Waals surface area contributed by atoms with E-state index in [-0.39, 0.29) is 35.5 Å². The van der Waals surface area contributed by atoms with Gasteiger partial charge in [-0.3, -0.25) is 0 Å². The Balaban J connectivity index is -0.000000320. The first-order valence-electron chi connectivity index (χ1n) is 3.86. The maximum atomic E-state index is 3.72. The minimum Gasteiger partial charge on any atom is -1.00 e. The molecule has 0 fully saturated rings. The molecule has 0 saturated carbocycles. The fraction of sp³-hybridized carbons (Fsp3) is 0.667. The van der Waals surface area contributed by atoms with Crippen LogP contribution in [-0.4, -0.2) is 23.1 Å². The Labute approximate surface area is 93.4 Å². The van der Waals surface area contributed by atoms with Crippen molar-refractivity contribution in [3.05, 3.63) is 19.1 Å². The summed E-state index contributed by atoms with van der Waals surface area (Å²) in [6.45, 7) is 5.94. The van der Waals surface area contributed by atoms with Crippen LogP contribution in [0.25, 0.3) is 0 Å². The Bertz CT molecular complexity index is 72.0. The van der Waals surface area contributed by atoms with E-state index in [1.165, 1.54) is 25.7 Å². The third-order valence-electron chi connectivity index (χ3n) is 1.31. The van der Waals surface area contributed by atoms with Gasteiger partial charge in [0.15, 0.2) is 0 Å². The molecule has 0 atom stereocenters. The predicted molar refractivity (Wildman–Crippen MR) is 49.0 cm³/mol. The Hall–Kier alpha value is 0.796. The fourth-order valence-electron chi connectivity index (χ4n) is 0.748. The van der Waals surface area contributed by atoms with E-state index >= 15 is 0 Å². The van der Waals surface area contributed by atoms with E-state index in [2.05, 4.69) is 26.0 Å². The summed E-state index contributed by atoms with van der Waals surface area (Å²) in [7, 11) is 0. The van der Waals surface area contributed by atoms with Gasteiger partial charge in [0.2, 0.25) is 0 Å². The van der Waals surface area contributed by atoms with E-state index in [0.29, 0.717) is 0 Å². The van der Waals surface area contributed by atoms with Crippen molar-refractivity contribution in [3.63, 3.8) is 0 Å². The molecule has 0 aromatic rings. The molecule has 0 radical (unpaired) electrons. The zero-order valence-electron chi connectivity index (χ0n) is 7.48. The zero-order chi connectivity index (χ0) is 6.95. The summed E-state index contributed by atoms with van der Waals surface area (Å²) in [5.74, 6) is 0. The molecule has 0 unspecified atom stereocenters. The largest absolute Gasteiger partial charge is 2.00 e. The van der Waals surface area contributed by atoms with Crippen LogP contribution in [0.15, 0.2) is 12.2 Å². The van der Waals surface area contributed by atoms with Crippen molar-refractivity contribution in [3.8, 4) is 0 Å². The van der Waals surface area contributed by atoms with Gasteiger partial charge in [0.1, 0.15) is 0 Å². The summed E-state index contributed by atoms with van der Waals surface area (Å²) in [6.07, 6.45) is 10.6. The van der Waals surface area contributed by atoms with Crippen molar-refractivity contribution in [1.82, 2.24) is 0 Å². The third-order valence-corrected chi connectivity index (χ3v) is 1.31. The average molecular weight is 185 g/mol. The predicted octanol–water partition coefficient (Wildman–Crippen LogP) is -0.0297. The van der Waals surface area contributed by atoms with Gasteiger partial charge >= 0.3 is 23.1 Å². The van der Waals surface area contributed by atoms with E-state index in [0.717, 1.165) is 6.42 Å². The molecule has 0 nitrogen and oxygen atoms in total. The van der Waals surface area contributed by atoms with E-state index in [1.54, 1.807) is 0 Å². The monoisotopic (exact) mass is 184 g/mol. The Morgan fingerprint density at radius 2 is 1.82 bits per heavy atom. The number of unbranched alkanes of at least 4 members (excludes halogenated alkanes) is 3. The standard InChI is InChI=1S/C9H17.ClH.Mg/c1-3-5-7-9-8-6-4-2;;/h5,7H,1,3-4,6,8-9H2,2H3;1H;/q-1;;+2/p-1/b7-5-;;. The van der Waals surface area contributed by atoms with E-state index < -0.39 is 0 Å². The van der Waals surface area contributed by atoms with Crippen LogP contribution in [0.4, 0.5) is 0 Å². The SMILES string of the molecule is [CH2-]C/C=C\CCCCC.[Cl-].[Mg+2]. The van der Waals surface area contributed by atoms with Gasteiger partial charge in [0, 0.05) is 0 Å². The van der Waals surface area contributed by atoms with Crippen LogP contribution in [0, 0.1) is 6.92 Å². The van der Waals surface area contributed by atoms with Crippen LogP contribution in [0.1, 0.15) is 39.0 Å². The summed E-state index contributed by atoms with van der Waals surface area (Å²) in [5.41, 5.74) is 0. The molecule has 0 spiro atoms. The Morgan fingerprint density at radius 1 is 1.18 bits per heavy atom. The van der Waals surface area contributed by atoms with Gasteiger partial charge < -0.3 is 19.3 Å². The molecule has 0 aromatic heterocycles. The zero-order valence-corrected chi connectivity index (χ0v) is 9.65. The quantitative estimate of drug-likeness (QED) is 0.244. The van der Waals surface area contributed by atoms with Gasteiger partial charge in [-0.25, -0.2) is 0 Å². The van der Waals surface area contributed by atoms with Gasteiger partial charge in [-0.15, -0.1) is 6.08 Å². The van der Waals surface area contributed by atoms with Crippen LogP contribution >= 0.6 is 0 Å². The average Bonchev–Trinajstić information content (AvgIpc) is 1.89. The van der Waals surface area contributed by atoms with Crippen molar-refractivity contribution < 1.29 is 12.4 Å². The molecular formula is C9H17ClMg. The summed E-state index contributed by atoms with van der Waals surface area (Å²) in [5, 5.41) is 0. The van der Waals surface area contributed by atoms with E-state index in [1.807, 2.05) is 0 Å². The first kappa shape index (κ1) is 17.8. The first-order chi connectivity index (χ1) is 4.41. The molecule has 0 rings (SSSR count). The number of hydrogen-bond donors (Lipinski definition) is 0. The van der Waals surface area contributed by atoms with Crippen LogP contribution in [0.3, 0.4) is 0 Å². The first-order valence-corrected chi connectivity index (χ1v) is 3.86. The minimum atomic E-state index is 0. The maximum Gasteiger partial charge on any atom is 2.00 e. The van der Waals surface area contributed by atoms with Gasteiger partial charge in [0.05, 0.1) is 0 Å². The molecule has 0 aliphatic heterocycles. The molecular weight excluding hydrogens is 168 g/mol. The fourth-order valence-corrected chi connectivity index (χ4v) is 0.748. The Kier molecular flexibility index (Phi) is 27.5. The molecule has 0 heterocycles. The normalized spacial score (nSPS) is 8.91. The van der Waals surface area contributed by atoms with Gasteiger partial charge in [0.25, 0.3) is 0 Å². The van der Waals surface area contributed by atoms with Gasteiger partial charge in [-0.05, 0) is 12.8 Å². The second-order valence-corrected chi connectivity index (χ2v) is 2.26. The smallest absolute Gasteiger partial charge is 1.00 e. The van der Waals surface area contributed by atoms with Crippen LogP contribution in [0.2, 0.25) is 0 Å². The minimum absolute atomic E-state index is 0. The van der Waals surface area contributed by atoms with Crippen LogP contribution in [-0.2, 0) is 0 Å². The van der Waals surface area contributed by atoms with Crippen molar-refractivity contribution >= 4 is 23.1 Å². The van der Waals surface area contributed by atoms with E-state index in [9.17, 15) is 0 Å². The van der Waals surface area contributed by atoms with Crippen LogP contribution < -0.4 is 12.4 Å². The summed E-state index contributed by atoms with van der Waals surface area (Å²) in [6, 6.07) is 0. The molecule has 0 saturated heterocycles. The molecule has 0 N–H and O–H groups in total.